The van der Waals surface area contributed by atoms with E-state index in [0.29, 0.717) is 18.0 Å². The molecule has 1 amide bonds. The third-order valence-electron chi connectivity index (χ3n) is 3.39. The smallest absolute Gasteiger partial charge is 0.252 e. The van der Waals surface area contributed by atoms with Gasteiger partial charge in [0.1, 0.15) is 5.75 Å². The van der Waals surface area contributed by atoms with Crippen LogP contribution in [-0.4, -0.2) is 24.5 Å². The van der Waals surface area contributed by atoms with E-state index in [1.807, 2.05) is 24.3 Å². The Morgan fingerprint density at radius 2 is 1.91 bits per heavy atom. The Morgan fingerprint density at radius 3 is 2.57 bits per heavy atom. The van der Waals surface area contributed by atoms with Gasteiger partial charge in [-0.1, -0.05) is 13.8 Å². The summed E-state index contributed by atoms with van der Waals surface area (Å²) in [7, 11) is 1.63. The van der Waals surface area contributed by atoms with Crippen molar-refractivity contribution >= 4 is 17.3 Å². The van der Waals surface area contributed by atoms with Crippen molar-refractivity contribution in [3.8, 4) is 5.75 Å². The summed E-state index contributed by atoms with van der Waals surface area (Å²) >= 11 is 0. The van der Waals surface area contributed by atoms with Crippen LogP contribution in [0.5, 0.6) is 5.75 Å². The normalized spacial score (nSPS) is 10.4. The molecule has 0 saturated heterocycles. The number of nitrogens with one attached hydrogen (secondary N) is 2. The molecule has 0 aliphatic carbocycles. The van der Waals surface area contributed by atoms with E-state index in [-0.39, 0.29) is 5.91 Å². The number of anilines is 2. The number of ether oxygens (including phenoxy) is 1. The summed E-state index contributed by atoms with van der Waals surface area (Å²) in [5.41, 5.74) is 2.23. The van der Waals surface area contributed by atoms with E-state index in [1.54, 1.807) is 25.6 Å². The monoisotopic (exact) mass is 313 g/mol. The third kappa shape index (κ3) is 5.29. The molecular weight excluding hydrogens is 290 g/mol. The first kappa shape index (κ1) is 16.8. The van der Waals surface area contributed by atoms with Crippen LogP contribution in [0, 0.1) is 5.92 Å². The predicted molar refractivity (Wildman–Crippen MR) is 92.3 cm³/mol. The molecule has 0 fully saturated rings. The van der Waals surface area contributed by atoms with Crippen LogP contribution in [0.25, 0.3) is 0 Å². The number of hydrogen-bond donors (Lipinski definition) is 2. The Kier molecular flexibility index (Phi) is 5.97. The fourth-order valence-corrected chi connectivity index (χ4v) is 2.05. The van der Waals surface area contributed by atoms with Crippen LogP contribution in [-0.2, 0) is 0 Å². The lowest BCUT2D eigenvalue weighted by Crippen LogP contribution is -2.25. The van der Waals surface area contributed by atoms with Crippen LogP contribution >= 0.6 is 0 Å². The van der Waals surface area contributed by atoms with Crippen molar-refractivity contribution in [1.82, 2.24) is 10.3 Å². The number of carbonyl (C=O) groups excluding carboxylic acids is 1. The lowest BCUT2D eigenvalue weighted by atomic mass is 10.1. The molecular formula is C18H23N3O2. The number of hydrogen-bond acceptors (Lipinski definition) is 4. The van der Waals surface area contributed by atoms with Crippen molar-refractivity contribution in [1.29, 1.82) is 0 Å². The number of methoxy groups -OCH3 is 1. The van der Waals surface area contributed by atoms with Crippen molar-refractivity contribution < 1.29 is 9.53 Å². The molecule has 2 rings (SSSR count). The van der Waals surface area contributed by atoms with Crippen molar-refractivity contribution in [2.45, 2.75) is 20.3 Å². The van der Waals surface area contributed by atoms with Gasteiger partial charge >= 0.3 is 0 Å². The maximum Gasteiger partial charge on any atom is 0.252 e. The Bertz CT molecular complexity index is 639. The molecule has 2 N–H and O–H groups in total. The average molecular weight is 313 g/mol. The van der Waals surface area contributed by atoms with Gasteiger partial charge in [0.25, 0.3) is 5.91 Å². The van der Waals surface area contributed by atoms with Gasteiger partial charge in [0.2, 0.25) is 0 Å². The van der Waals surface area contributed by atoms with E-state index in [2.05, 4.69) is 29.5 Å². The summed E-state index contributed by atoms with van der Waals surface area (Å²) in [6, 6.07) is 9.36. The first-order valence-electron chi connectivity index (χ1n) is 7.73. The standard InChI is InChI=1S/C18H23N3O2/c1-13(2)8-9-20-18(22)14-10-16(12-19-11-14)21-15-4-6-17(23-3)7-5-15/h4-7,10-13,21H,8-9H2,1-3H3,(H,20,22). The van der Waals surface area contributed by atoms with Crippen molar-refractivity contribution in [2.75, 3.05) is 19.0 Å². The zero-order valence-corrected chi connectivity index (χ0v) is 13.8. The van der Waals surface area contributed by atoms with Crippen LogP contribution in [0.15, 0.2) is 42.7 Å². The summed E-state index contributed by atoms with van der Waals surface area (Å²) < 4.78 is 5.13. The highest BCUT2D eigenvalue weighted by molar-refractivity contribution is 5.94. The molecule has 0 atom stereocenters. The largest absolute Gasteiger partial charge is 0.497 e. The Morgan fingerprint density at radius 1 is 1.17 bits per heavy atom. The van der Waals surface area contributed by atoms with E-state index in [4.69, 9.17) is 4.74 Å². The van der Waals surface area contributed by atoms with Gasteiger partial charge in [0.15, 0.2) is 0 Å². The maximum atomic E-state index is 12.1. The van der Waals surface area contributed by atoms with Crippen molar-refractivity contribution in [3.63, 3.8) is 0 Å². The van der Waals surface area contributed by atoms with Gasteiger partial charge in [-0.25, -0.2) is 0 Å². The number of benzene rings is 1. The van der Waals surface area contributed by atoms with Gasteiger partial charge < -0.3 is 15.4 Å². The first-order chi connectivity index (χ1) is 11.1. The predicted octanol–water partition coefficient (Wildman–Crippen LogP) is 3.61. The molecule has 2 aromatic rings. The van der Waals surface area contributed by atoms with Crippen LogP contribution < -0.4 is 15.4 Å². The minimum atomic E-state index is -0.100. The van der Waals surface area contributed by atoms with E-state index >= 15 is 0 Å². The van der Waals surface area contributed by atoms with E-state index in [1.165, 1.54) is 0 Å². The number of aromatic nitrogens is 1. The molecule has 1 aromatic heterocycles. The van der Waals surface area contributed by atoms with Crippen molar-refractivity contribution in [3.05, 3.63) is 48.3 Å². The molecule has 122 valence electrons. The molecule has 5 nitrogen and oxygen atoms in total. The minimum absolute atomic E-state index is 0.100. The topological polar surface area (TPSA) is 63.2 Å². The van der Waals surface area contributed by atoms with E-state index < -0.39 is 0 Å². The molecule has 5 heteroatoms. The quantitative estimate of drug-likeness (QED) is 0.819. The highest BCUT2D eigenvalue weighted by atomic mass is 16.5. The second kappa shape index (κ2) is 8.17. The molecule has 1 heterocycles. The Labute approximate surface area is 137 Å². The SMILES string of the molecule is COc1ccc(Nc2cncc(C(=O)NCCC(C)C)c2)cc1. The number of carbonyl (C=O) groups is 1. The summed E-state index contributed by atoms with van der Waals surface area (Å²) in [5, 5.41) is 6.14. The van der Waals surface area contributed by atoms with Crippen LogP contribution in [0.3, 0.4) is 0 Å². The van der Waals surface area contributed by atoms with Crippen LogP contribution in [0.4, 0.5) is 11.4 Å². The average Bonchev–Trinajstić information content (AvgIpc) is 2.55. The lowest BCUT2D eigenvalue weighted by Gasteiger charge is -2.10. The fourth-order valence-electron chi connectivity index (χ4n) is 2.05. The molecule has 0 saturated carbocycles. The Balaban J connectivity index is 1.99. The van der Waals surface area contributed by atoms with Crippen molar-refractivity contribution in [2.24, 2.45) is 5.92 Å². The molecule has 0 bridgehead atoms. The molecule has 1 aromatic carbocycles. The molecule has 23 heavy (non-hydrogen) atoms. The number of nitrogens with zero attached hydrogens (tertiary/aromatic N) is 1. The van der Waals surface area contributed by atoms with Gasteiger partial charge in [-0.05, 0) is 42.7 Å². The minimum Gasteiger partial charge on any atom is -0.497 e. The van der Waals surface area contributed by atoms with E-state index in [9.17, 15) is 4.79 Å². The maximum absolute atomic E-state index is 12.1. The lowest BCUT2D eigenvalue weighted by molar-refractivity contribution is 0.0951. The fraction of sp³-hybridized carbons (Fsp3) is 0.333. The highest BCUT2D eigenvalue weighted by Gasteiger charge is 2.07. The number of amides is 1. The molecule has 0 spiro atoms. The van der Waals surface area contributed by atoms with Gasteiger partial charge in [0.05, 0.1) is 24.6 Å². The van der Waals surface area contributed by atoms with Gasteiger partial charge in [-0.15, -0.1) is 0 Å². The summed E-state index contributed by atoms with van der Waals surface area (Å²) in [6.45, 7) is 4.94. The zero-order chi connectivity index (χ0) is 16.7. The highest BCUT2D eigenvalue weighted by Crippen LogP contribution is 2.20. The van der Waals surface area contributed by atoms with Crippen LogP contribution in [0.1, 0.15) is 30.6 Å². The van der Waals surface area contributed by atoms with Gasteiger partial charge in [-0.2, -0.15) is 0 Å². The molecule has 0 radical (unpaired) electrons. The number of rotatable bonds is 7. The van der Waals surface area contributed by atoms with E-state index in [0.717, 1.165) is 23.5 Å². The molecule has 0 aliphatic heterocycles. The van der Waals surface area contributed by atoms with Crippen LogP contribution in [0.2, 0.25) is 0 Å². The molecule has 0 unspecified atom stereocenters. The zero-order valence-electron chi connectivity index (χ0n) is 13.8. The summed E-state index contributed by atoms with van der Waals surface area (Å²) in [6.07, 6.45) is 4.22. The number of pyridine rings is 1. The second-order valence-corrected chi connectivity index (χ2v) is 5.75. The Hall–Kier alpha value is -2.56. The third-order valence-corrected chi connectivity index (χ3v) is 3.39. The molecule has 0 aliphatic rings. The summed E-state index contributed by atoms with van der Waals surface area (Å²) in [4.78, 5) is 16.2. The first-order valence-corrected chi connectivity index (χ1v) is 7.73. The van der Waals surface area contributed by atoms with Gasteiger partial charge in [0, 0.05) is 18.4 Å². The summed E-state index contributed by atoms with van der Waals surface area (Å²) in [5.74, 6) is 1.26. The second-order valence-electron chi connectivity index (χ2n) is 5.75. The van der Waals surface area contributed by atoms with Gasteiger partial charge in [-0.3, -0.25) is 9.78 Å².